The SMILES string of the molecule is CCC(NC(=O)c1cccc(S(=O)(=O)N2CCc3sccc3C2)c1)c1cccs1. The van der Waals surface area contributed by atoms with Crippen molar-refractivity contribution in [2.45, 2.75) is 37.2 Å². The molecule has 0 saturated heterocycles. The van der Waals surface area contributed by atoms with Gasteiger partial charge in [-0.1, -0.05) is 19.1 Å². The van der Waals surface area contributed by atoms with Gasteiger partial charge in [-0.2, -0.15) is 4.31 Å². The molecule has 4 rings (SSSR count). The van der Waals surface area contributed by atoms with E-state index in [9.17, 15) is 13.2 Å². The molecular weight excluding hydrogens is 424 g/mol. The van der Waals surface area contributed by atoms with Gasteiger partial charge in [0.05, 0.1) is 10.9 Å². The lowest BCUT2D eigenvalue weighted by Gasteiger charge is -2.26. The van der Waals surface area contributed by atoms with Crippen molar-refractivity contribution in [2.75, 3.05) is 6.54 Å². The minimum Gasteiger partial charge on any atom is -0.344 e. The van der Waals surface area contributed by atoms with Gasteiger partial charge in [-0.25, -0.2) is 8.42 Å². The normalized spacial score (nSPS) is 15.6. The Morgan fingerprint density at radius 2 is 2.03 bits per heavy atom. The molecule has 3 heterocycles. The zero-order chi connectivity index (χ0) is 20.4. The van der Waals surface area contributed by atoms with E-state index in [1.54, 1.807) is 40.9 Å². The average Bonchev–Trinajstić information content (AvgIpc) is 3.43. The van der Waals surface area contributed by atoms with Crippen LogP contribution in [-0.2, 0) is 23.0 Å². The van der Waals surface area contributed by atoms with E-state index in [-0.39, 0.29) is 16.8 Å². The Labute approximate surface area is 179 Å². The number of fused-ring (bicyclic) bond motifs is 1. The van der Waals surface area contributed by atoms with E-state index in [1.807, 2.05) is 35.9 Å². The van der Waals surface area contributed by atoms with Crippen LogP contribution in [0.25, 0.3) is 0 Å². The van der Waals surface area contributed by atoms with Crippen LogP contribution in [-0.4, -0.2) is 25.2 Å². The Morgan fingerprint density at radius 1 is 1.17 bits per heavy atom. The second kappa shape index (κ2) is 8.39. The van der Waals surface area contributed by atoms with Crippen LogP contribution in [0.3, 0.4) is 0 Å². The third-order valence-corrected chi connectivity index (χ3v) is 8.96. The Bertz CT molecular complexity index is 1100. The molecule has 29 heavy (non-hydrogen) atoms. The first kappa shape index (κ1) is 20.3. The molecule has 1 atom stereocenters. The standard InChI is InChI=1S/C21H22N2O3S3/c1-2-18(20-7-4-11-27-20)22-21(24)15-5-3-6-17(13-15)29(25,26)23-10-8-19-16(14-23)9-12-28-19/h3-7,9,11-13,18H,2,8,10,14H2,1H3,(H,22,24). The molecule has 2 aromatic heterocycles. The molecular formula is C21H22N2O3S3. The van der Waals surface area contributed by atoms with Gasteiger partial charge in [0.25, 0.3) is 5.91 Å². The lowest BCUT2D eigenvalue weighted by Crippen LogP contribution is -2.35. The van der Waals surface area contributed by atoms with E-state index >= 15 is 0 Å². The first-order valence-corrected chi connectivity index (χ1v) is 12.7. The maximum Gasteiger partial charge on any atom is 0.251 e. The summed E-state index contributed by atoms with van der Waals surface area (Å²) in [7, 11) is -3.66. The van der Waals surface area contributed by atoms with Crippen molar-refractivity contribution in [1.82, 2.24) is 9.62 Å². The highest BCUT2D eigenvalue weighted by Crippen LogP contribution is 2.28. The highest BCUT2D eigenvalue weighted by molar-refractivity contribution is 7.89. The van der Waals surface area contributed by atoms with Gasteiger partial charge >= 0.3 is 0 Å². The van der Waals surface area contributed by atoms with Crippen LogP contribution in [0.1, 0.15) is 45.1 Å². The fourth-order valence-electron chi connectivity index (χ4n) is 3.48. The lowest BCUT2D eigenvalue weighted by atomic mass is 10.1. The van der Waals surface area contributed by atoms with Crippen LogP contribution in [0.4, 0.5) is 0 Å². The third-order valence-electron chi connectivity index (χ3n) is 5.11. The molecule has 1 aliphatic rings. The van der Waals surface area contributed by atoms with Crippen molar-refractivity contribution in [3.63, 3.8) is 0 Å². The molecule has 8 heteroatoms. The number of thiophene rings is 2. The number of carbonyl (C=O) groups is 1. The number of carbonyl (C=O) groups excluding carboxylic acids is 1. The second-order valence-corrected chi connectivity index (χ2v) is 10.9. The summed E-state index contributed by atoms with van der Waals surface area (Å²) in [5, 5.41) is 7.00. The Balaban J connectivity index is 1.54. The van der Waals surface area contributed by atoms with Crippen LogP contribution in [0, 0.1) is 0 Å². The smallest absolute Gasteiger partial charge is 0.251 e. The lowest BCUT2D eigenvalue weighted by molar-refractivity contribution is 0.0936. The van der Waals surface area contributed by atoms with Crippen molar-refractivity contribution in [3.05, 3.63) is 74.1 Å². The fraction of sp³-hybridized carbons (Fsp3) is 0.286. The first-order chi connectivity index (χ1) is 14.0. The van der Waals surface area contributed by atoms with Gasteiger partial charge < -0.3 is 5.32 Å². The Kier molecular flexibility index (Phi) is 5.87. The largest absolute Gasteiger partial charge is 0.344 e. The summed E-state index contributed by atoms with van der Waals surface area (Å²) in [6.45, 7) is 2.86. The summed E-state index contributed by atoms with van der Waals surface area (Å²) >= 11 is 3.27. The van der Waals surface area contributed by atoms with Gasteiger partial charge in [0.1, 0.15) is 0 Å². The molecule has 0 spiro atoms. The molecule has 5 nitrogen and oxygen atoms in total. The highest BCUT2D eigenvalue weighted by atomic mass is 32.2. The van der Waals surface area contributed by atoms with Crippen LogP contribution in [0.5, 0.6) is 0 Å². The zero-order valence-corrected chi connectivity index (χ0v) is 18.4. The number of amides is 1. The van der Waals surface area contributed by atoms with E-state index in [0.717, 1.165) is 23.3 Å². The monoisotopic (exact) mass is 446 g/mol. The predicted molar refractivity (Wildman–Crippen MR) is 117 cm³/mol. The van der Waals surface area contributed by atoms with Gasteiger partial charge in [0.2, 0.25) is 10.0 Å². The first-order valence-electron chi connectivity index (χ1n) is 9.48. The zero-order valence-electron chi connectivity index (χ0n) is 16.0. The fourth-order valence-corrected chi connectivity index (χ4v) is 6.70. The van der Waals surface area contributed by atoms with Crippen LogP contribution in [0.15, 0.2) is 58.1 Å². The van der Waals surface area contributed by atoms with Crippen LogP contribution in [0.2, 0.25) is 0 Å². The van der Waals surface area contributed by atoms with Gasteiger partial charge in [-0.05, 0) is 59.5 Å². The molecule has 152 valence electrons. The summed E-state index contributed by atoms with van der Waals surface area (Å²) in [6, 6.07) is 12.2. The Hall–Kier alpha value is -2.00. The van der Waals surface area contributed by atoms with Crippen molar-refractivity contribution in [3.8, 4) is 0 Å². The number of rotatable bonds is 6. The number of benzene rings is 1. The summed E-state index contributed by atoms with van der Waals surface area (Å²) in [4.78, 5) is 15.3. The van der Waals surface area contributed by atoms with E-state index < -0.39 is 10.0 Å². The van der Waals surface area contributed by atoms with E-state index in [4.69, 9.17) is 0 Å². The van der Waals surface area contributed by atoms with Gasteiger partial charge in [0, 0.05) is 28.4 Å². The molecule has 1 unspecified atom stereocenters. The number of nitrogens with zero attached hydrogens (tertiary/aromatic N) is 1. The van der Waals surface area contributed by atoms with Gasteiger partial charge in [0.15, 0.2) is 0 Å². The molecule has 1 amide bonds. The van der Waals surface area contributed by atoms with E-state index in [2.05, 4.69) is 5.32 Å². The van der Waals surface area contributed by atoms with Gasteiger partial charge in [-0.3, -0.25) is 4.79 Å². The summed E-state index contributed by atoms with van der Waals surface area (Å²) in [5.74, 6) is -0.263. The predicted octanol–water partition coefficient (Wildman–Crippen LogP) is 4.44. The summed E-state index contributed by atoms with van der Waals surface area (Å²) in [5.41, 5.74) is 1.43. The molecule has 3 aromatic rings. The van der Waals surface area contributed by atoms with Crippen LogP contribution >= 0.6 is 22.7 Å². The maximum absolute atomic E-state index is 13.2. The Morgan fingerprint density at radius 3 is 2.79 bits per heavy atom. The quantitative estimate of drug-likeness (QED) is 0.609. The average molecular weight is 447 g/mol. The minimum atomic E-state index is -3.66. The second-order valence-electron chi connectivity index (χ2n) is 6.94. The molecule has 0 fully saturated rings. The molecule has 0 radical (unpaired) electrons. The number of sulfonamides is 1. The number of hydrogen-bond acceptors (Lipinski definition) is 5. The van der Waals surface area contributed by atoms with E-state index in [0.29, 0.717) is 18.7 Å². The molecule has 0 bridgehead atoms. The molecule has 1 N–H and O–H groups in total. The van der Waals surface area contributed by atoms with Crippen LogP contribution < -0.4 is 5.32 Å². The topological polar surface area (TPSA) is 66.5 Å². The summed E-state index contributed by atoms with van der Waals surface area (Å²) < 4.78 is 27.8. The molecule has 0 aliphatic carbocycles. The van der Waals surface area contributed by atoms with Crippen molar-refractivity contribution in [2.24, 2.45) is 0 Å². The van der Waals surface area contributed by atoms with Crippen molar-refractivity contribution in [1.29, 1.82) is 0 Å². The molecule has 1 aliphatic heterocycles. The third kappa shape index (κ3) is 4.16. The molecule has 1 aromatic carbocycles. The summed E-state index contributed by atoms with van der Waals surface area (Å²) in [6.07, 6.45) is 1.49. The minimum absolute atomic E-state index is 0.0816. The number of hydrogen-bond donors (Lipinski definition) is 1. The van der Waals surface area contributed by atoms with Crippen molar-refractivity contribution >= 4 is 38.6 Å². The van der Waals surface area contributed by atoms with E-state index in [1.165, 1.54) is 15.2 Å². The number of nitrogens with one attached hydrogen (secondary N) is 1. The molecule has 0 saturated carbocycles. The maximum atomic E-state index is 13.2. The van der Waals surface area contributed by atoms with Gasteiger partial charge in [-0.15, -0.1) is 22.7 Å². The van der Waals surface area contributed by atoms with Crippen molar-refractivity contribution < 1.29 is 13.2 Å². The highest BCUT2D eigenvalue weighted by Gasteiger charge is 2.29.